The Morgan fingerprint density at radius 1 is 1.21 bits per heavy atom. The fraction of sp³-hybridized carbons (Fsp3) is 0. The van der Waals surface area contributed by atoms with Gasteiger partial charge >= 0.3 is 0 Å². The lowest BCUT2D eigenvalue weighted by Gasteiger charge is -2.11. The number of nitrogens with two attached hydrogens (primary N) is 2. The maximum atomic E-state index is 11.2. The summed E-state index contributed by atoms with van der Waals surface area (Å²) < 4.78 is 0. The van der Waals surface area contributed by atoms with Crippen LogP contribution in [0.1, 0.15) is 15.9 Å². The lowest BCUT2D eigenvalue weighted by atomic mass is 10.1. The molecule has 0 spiro atoms. The SMILES string of the molecule is N#Cc1cccc(Nc2cccc(C(N)=O)c2N)c1. The van der Waals surface area contributed by atoms with Gasteiger partial charge in [-0.1, -0.05) is 12.1 Å². The second-order valence-corrected chi connectivity index (χ2v) is 3.95. The van der Waals surface area contributed by atoms with Gasteiger partial charge in [-0.25, -0.2) is 0 Å². The zero-order chi connectivity index (χ0) is 13.8. The number of nitriles is 1. The maximum absolute atomic E-state index is 11.2. The van der Waals surface area contributed by atoms with Crippen LogP contribution in [-0.2, 0) is 0 Å². The molecule has 0 radical (unpaired) electrons. The van der Waals surface area contributed by atoms with Crippen molar-refractivity contribution in [1.29, 1.82) is 5.26 Å². The lowest BCUT2D eigenvalue weighted by molar-refractivity contribution is 0.100. The van der Waals surface area contributed by atoms with Gasteiger partial charge in [-0.15, -0.1) is 0 Å². The van der Waals surface area contributed by atoms with E-state index in [0.29, 0.717) is 16.9 Å². The molecule has 0 heterocycles. The Hall–Kier alpha value is -3.00. The van der Waals surface area contributed by atoms with E-state index in [1.165, 1.54) is 0 Å². The van der Waals surface area contributed by atoms with Gasteiger partial charge in [-0.3, -0.25) is 4.79 Å². The molecule has 5 N–H and O–H groups in total. The molecule has 5 heteroatoms. The number of carbonyl (C=O) groups is 1. The van der Waals surface area contributed by atoms with E-state index in [9.17, 15) is 4.79 Å². The summed E-state index contributed by atoms with van der Waals surface area (Å²) in [5.74, 6) is -0.577. The van der Waals surface area contributed by atoms with Crippen molar-refractivity contribution in [3.8, 4) is 6.07 Å². The highest BCUT2D eigenvalue weighted by molar-refractivity contribution is 6.01. The first kappa shape index (κ1) is 12.5. The van der Waals surface area contributed by atoms with Gasteiger partial charge < -0.3 is 16.8 Å². The standard InChI is InChI=1S/C14H12N4O/c15-8-9-3-1-4-10(7-9)18-12-6-2-5-11(13(12)16)14(17)19/h1-7,18H,16H2,(H2,17,19). The Bertz CT molecular complexity index is 673. The predicted octanol–water partition coefficient (Wildman–Crippen LogP) is 1.98. The van der Waals surface area contributed by atoms with E-state index in [1.54, 1.807) is 42.5 Å². The third-order valence-electron chi connectivity index (χ3n) is 2.64. The van der Waals surface area contributed by atoms with Gasteiger partial charge in [0.2, 0.25) is 0 Å². The molecule has 1 amide bonds. The van der Waals surface area contributed by atoms with Crippen molar-refractivity contribution in [1.82, 2.24) is 0 Å². The summed E-state index contributed by atoms with van der Waals surface area (Å²) in [7, 11) is 0. The Morgan fingerprint density at radius 3 is 2.63 bits per heavy atom. The van der Waals surface area contributed by atoms with Crippen LogP contribution in [0.5, 0.6) is 0 Å². The minimum atomic E-state index is -0.577. The molecule has 5 nitrogen and oxygen atoms in total. The maximum Gasteiger partial charge on any atom is 0.250 e. The van der Waals surface area contributed by atoms with Crippen molar-refractivity contribution in [2.45, 2.75) is 0 Å². The van der Waals surface area contributed by atoms with E-state index in [4.69, 9.17) is 16.7 Å². The Balaban J connectivity index is 2.36. The van der Waals surface area contributed by atoms with Crippen LogP contribution in [0.15, 0.2) is 42.5 Å². The summed E-state index contributed by atoms with van der Waals surface area (Å²) >= 11 is 0. The Morgan fingerprint density at radius 2 is 1.95 bits per heavy atom. The summed E-state index contributed by atoms with van der Waals surface area (Å²) in [5.41, 5.74) is 13.5. The summed E-state index contributed by atoms with van der Waals surface area (Å²) in [6.07, 6.45) is 0. The molecule has 0 atom stereocenters. The number of hydrogen-bond acceptors (Lipinski definition) is 4. The minimum absolute atomic E-state index is 0.265. The van der Waals surface area contributed by atoms with Gasteiger partial charge in [-0.05, 0) is 30.3 Å². The van der Waals surface area contributed by atoms with Crippen LogP contribution < -0.4 is 16.8 Å². The number of benzene rings is 2. The number of nitrogens with zero attached hydrogens (tertiary/aromatic N) is 1. The summed E-state index contributed by atoms with van der Waals surface area (Å²) in [6.45, 7) is 0. The van der Waals surface area contributed by atoms with Crippen LogP contribution in [0.3, 0.4) is 0 Å². The number of hydrogen-bond donors (Lipinski definition) is 3. The number of carbonyl (C=O) groups excluding carboxylic acids is 1. The molecule has 0 fully saturated rings. The Kier molecular flexibility index (Phi) is 3.35. The molecule has 0 aromatic heterocycles. The molecule has 0 bridgehead atoms. The van der Waals surface area contributed by atoms with Crippen molar-refractivity contribution < 1.29 is 4.79 Å². The predicted molar refractivity (Wildman–Crippen MR) is 73.8 cm³/mol. The van der Waals surface area contributed by atoms with Crippen LogP contribution in [0.4, 0.5) is 17.1 Å². The molecule has 0 saturated carbocycles. The topological polar surface area (TPSA) is 105 Å². The monoisotopic (exact) mass is 252 g/mol. The zero-order valence-corrected chi connectivity index (χ0v) is 10.1. The molecule has 2 aromatic rings. The Labute approximate surface area is 110 Å². The smallest absolute Gasteiger partial charge is 0.250 e. The fourth-order valence-electron chi connectivity index (χ4n) is 1.71. The molecule has 0 unspecified atom stereocenters. The first-order valence-electron chi connectivity index (χ1n) is 5.57. The van der Waals surface area contributed by atoms with Crippen molar-refractivity contribution >= 4 is 23.0 Å². The largest absolute Gasteiger partial charge is 0.396 e. The first-order chi connectivity index (χ1) is 9.11. The number of amides is 1. The summed E-state index contributed by atoms with van der Waals surface area (Å²) in [5, 5.41) is 11.9. The van der Waals surface area contributed by atoms with Gasteiger partial charge in [0.1, 0.15) is 0 Å². The number of nitrogen functional groups attached to an aromatic ring is 1. The summed E-state index contributed by atoms with van der Waals surface area (Å²) in [4.78, 5) is 11.2. The van der Waals surface area contributed by atoms with Gasteiger partial charge in [0.15, 0.2) is 0 Å². The number of para-hydroxylation sites is 1. The van der Waals surface area contributed by atoms with E-state index in [2.05, 4.69) is 11.4 Å². The first-order valence-corrected chi connectivity index (χ1v) is 5.57. The molecule has 94 valence electrons. The van der Waals surface area contributed by atoms with Gasteiger partial charge in [0, 0.05) is 5.69 Å². The van der Waals surface area contributed by atoms with Crippen molar-refractivity contribution in [2.75, 3.05) is 11.1 Å². The van der Waals surface area contributed by atoms with Gasteiger partial charge in [-0.2, -0.15) is 5.26 Å². The molecule has 0 aliphatic carbocycles. The second-order valence-electron chi connectivity index (χ2n) is 3.95. The highest BCUT2D eigenvalue weighted by atomic mass is 16.1. The quantitative estimate of drug-likeness (QED) is 0.726. The molecular formula is C14H12N4O. The van der Waals surface area contributed by atoms with Gasteiger partial charge in [0.05, 0.1) is 28.6 Å². The second kappa shape index (κ2) is 5.10. The minimum Gasteiger partial charge on any atom is -0.396 e. The van der Waals surface area contributed by atoms with Crippen molar-refractivity contribution in [2.24, 2.45) is 5.73 Å². The van der Waals surface area contributed by atoms with E-state index in [-0.39, 0.29) is 11.3 Å². The van der Waals surface area contributed by atoms with Crippen molar-refractivity contribution in [3.63, 3.8) is 0 Å². The third kappa shape index (κ3) is 2.64. The van der Waals surface area contributed by atoms with Crippen LogP contribution in [-0.4, -0.2) is 5.91 Å². The molecule has 19 heavy (non-hydrogen) atoms. The van der Waals surface area contributed by atoms with Crippen LogP contribution >= 0.6 is 0 Å². The zero-order valence-electron chi connectivity index (χ0n) is 10.1. The highest BCUT2D eigenvalue weighted by Gasteiger charge is 2.09. The number of anilines is 3. The molecule has 2 rings (SSSR count). The average Bonchev–Trinajstić information content (AvgIpc) is 2.41. The average molecular weight is 252 g/mol. The molecule has 0 aliphatic heterocycles. The van der Waals surface area contributed by atoms with E-state index in [0.717, 1.165) is 0 Å². The number of rotatable bonds is 3. The molecule has 0 aliphatic rings. The number of primary amides is 1. The fourth-order valence-corrected chi connectivity index (χ4v) is 1.71. The van der Waals surface area contributed by atoms with Gasteiger partial charge in [0.25, 0.3) is 5.91 Å². The molecule has 0 saturated heterocycles. The molecule has 2 aromatic carbocycles. The van der Waals surface area contributed by atoms with E-state index < -0.39 is 5.91 Å². The lowest BCUT2D eigenvalue weighted by Crippen LogP contribution is -2.14. The normalized spacial score (nSPS) is 9.63. The third-order valence-corrected chi connectivity index (χ3v) is 2.64. The van der Waals surface area contributed by atoms with Crippen molar-refractivity contribution in [3.05, 3.63) is 53.6 Å². The molecular weight excluding hydrogens is 240 g/mol. The van der Waals surface area contributed by atoms with Crippen LogP contribution in [0.25, 0.3) is 0 Å². The van der Waals surface area contributed by atoms with E-state index in [1.807, 2.05) is 0 Å². The van der Waals surface area contributed by atoms with Crippen LogP contribution in [0.2, 0.25) is 0 Å². The van der Waals surface area contributed by atoms with Crippen LogP contribution in [0, 0.1) is 11.3 Å². The van der Waals surface area contributed by atoms with E-state index >= 15 is 0 Å². The highest BCUT2D eigenvalue weighted by Crippen LogP contribution is 2.26. The number of nitrogens with one attached hydrogen (secondary N) is 1. The summed E-state index contributed by atoms with van der Waals surface area (Å²) in [6, 6.07) is 14.0.